The van der Waals surface area contributed by atoms with Crippen molar-refractivity contribution in [2.24, 2.45) is 0 Å². The zero-order valence-electron chi connectivity index (χ0n) is 12.3. The monoisotopic (exact) mass is 306 g/mol. The second-order valence-electron chi connectivity index (χ2n) is 6.23. The van der Waals surface area contributed by atoms with E-state index in [0.717, 1.165) is 51.5 Å². The number of fused-ring (bicyclic) bond motifs is 1. The van der Waals surface area contributed by atoms with E-state index in [1.165, 1.54) is 29.2 Å². The fraction of sp³-hybridized carbons (Fsp3) is 0.733. The van der Waals surface area contributed by atoms with Crippen LogP contribution in [0.4, 0.5) is 0 Å². The van der Waals surface area contributed by atoms with Gasteiger partial charge >= 0.3 is 0 Å². The van der Waals surface area contributed by atoms with Gasteiger partial charge in [-0.1, -0.05) is 0 Å². The molecular formula is C15H22N4OS. The van der Waals surface area contributed by atoms with Gasteiger partial charge in [0, 0.05) is 49.2 Å². The first-order valence-corrected chi connectivity index (χ1v) is 9.15. The van der Waals surface area contributed by atoms with E-state index in [-0.39, 0.29) is 5.91 Å². The molecule has 5 nitrogen and oxygen atoms in total. The molecule has 3 aliphatic rings. The molecule has 0 saturated carbocycles. The topological polar surface area (TPSA) is 52.2 Å². The van der Waals surface area contributed by atoms with Crippen LogP contribution in [0.3, 0.4) is 0 Å². The average molecular weight is 306 g/mol. The second kappa shape index (κ2) is 5.65. The summed E-state index contributed by atoms with van der Waals surface area (Å²) in [4.78, 5) is 17.2. The number of thioether (sulfide) groups is 1. The van der Waals surface area contributed by atoms with Crippen LogP contribution >= 0.6 is 11.8 Å². The van der Waals surface area contributed by atoms with Gasteiger partial charge in [0.15, 0.2) is 5.69 Å². The van der Waals surface area contributed by atoms with Gasteiger partial charge in [-0.05, 0) is 31.4 Å². The highest BCUT2D eigenvalue weighted by atomic mass is 32.2. The maximum atomic E-state index is 12.7. The molecule has 2 saturated heterocycles. The normalized spacial score (nSPS) is 26.3. The van der Waals surface area contributed by atoms with Crippen LogP contribution in [0, 0.1) is 0 Å². The molecule has 1 amide bonds. The number of carbonyl (C=O) groups is 1. The molecule has 0 bridgehead atoms. The third-order valence-electron chi connectivity index (χ3n) is 5.03. The van der Waals surface area contributed by atoms with Crippen LogP contribution in [0.1, 0.15) is 34.6 Å². The Kier molecular flexibility index (Phi) is 3.67. The summed E-state index contributed by atoms with van der Waals surface area (Å²) in [5, 5.41) is 7.33. The fourth-order valence-corrected chi connectivity index (χ4v) is 5.00. The molecule has 2 aliphatic heterocycles. The summed E-state index contributed by atoms with van der Waals surface area (Å²) in [5.41, 5.74) is 3.04. The molecule has 2 fully saturated rings. The Balaban J connectivity index is 1.40. The number of piperazine rings is 1. The smallest absolute Gasteiger partial charge is 0.274 e. The Bertz CT molecular complexity index is 530. The van der Waals surface area contributed by atoms with Gasteiger partial charge in [0.25, 0.3) is 5.91 Å². The summed E-state index contributed by atoms with van der Waals surface area (Å²) < 4.78 is 0. The Morgan fingerprint density at radius 1 is 1.24 bits per heavy atom. The summed E-state index contributed by atoms with van der Waals surface area (Å²) in [6, 6.07) is 0.738. The van der Waals surface area contributed by atoms with Crippen molar-refractivity contribution in [1.82, 2.24) is 20.0 Å². The van der Waals surface area contributed by atoms with Gasteiger partial charge in [0.2, 0.25) is 0 Å². The first-order valence-electron chi connectivity index (χ1n) is 8.00. The van der Waals surface area contributed by atoms with E-state index in [1.807, 2.05) is 4.90 Å². The lowest BCUT2D eigenvalue weighted by Gasteiger charge is -2.37. The van der Waals surface area contributed by atoms with Gasteiger partial charge in [-0.25, -0.2) is 0 Å². The van der Waals surface area contributed by atoms with E-state index in [4.69, 9.17) is 0 Å². The minimum Gasteiger partial charge on any atom is -0.335 e. The van der Waals surface area contributed by atoms with E-state index in [0.29, 0.717) is 5.69 Å². The fourth-order valence-electron chi connectivity index (χ4n) is 3.75. The first kappa shape index (κ1) is 13.6. The average Bonchev–Trinajstić information content (AvgIpc) is 3.24. The summed E-state index contributed by atoms with van der Waals surface area (Å²) in [6.45, 7) is 3.73. The van der Waals surface area contributed by atoms with Crippen molar-refractivity contribution < 1.29 is 4.79 Å². The van der Waals surface area contributed by atoms with Crippen molar-refractivity contribution in [1.29, 1.82) is 0 Å². The summed E-state index contributed by atoms with van der Waals surface area (Å²) in [6.07, 6.45) is 4.51. The highest BCUT2D eigenvalue weighted by Crippen LogP contribution is 2.25. The quantitative estimate of drug-likeness (QED) is 0.891. The van der Waals surface area contributed by atoms with E-state index in [2.05, 4.69) is 26.9 Å². The van der Waals surface area contributed by atoms with Gasteiger partial charge in [-0.3, -0.25) is 14.8 Å². The highest BCUT2D eigenvalue weighted by molar-refractivity contribution is 7.99. The SMILES string of the molecule is O=C(c1n[nH]c2c1CCC2)N1CCN(C2CCSC2)CC1. The molecule has 1 N–H and O–H groups in total. The Hall–Kier alpha value is -1.01. The number of carbonyl (C=O) groups excluding carboxylic acids is 1. The van der Waals surface area contributed by atoms with Crippen molar-refractivity contribution in [3.63, 3.8) is 0 Å². The molecule has 3 heterocycles. The third-order valence-corrected chi connectivity index (χ3v) is 6.18. The highest BCUT2D eigenvalue weighted by Gasteiger charge is 2.31. The molecule has 114 valence electrons. The predicted octanol–water partition coefficient (Wildman–Crippen LogP) is 1.16. The Morgan fingerprint density at radius 3 is 2.86 bits per heavy atom. The standard InChI is InChI=1S/C15H22N4OS/c20-15(14-12-2-1-3-13(12)16-17-14)19-7-5-18(6-8-19)11-4-9-21-10-11/h11H,1-10H2,(H,16,17). The van der Waals surface area contributed by atoms with Crippen LogP contribution in [-0.2, 0) is 12.8 Å². The molecule has 0 radical (unpaired) electrons. The van der Waals surface area contributed by atoms with Crippen LogP contribution < -0.4 is 0 Å². The van der Waals surface area contributed by atoms with Crippen molar-refractivity contribution in [2.45, 2.75) is 31.7 Å². The molecule has 1 aromatic rings. The van der Waals surface area contributed by atoms with Crippen LogP contribution in [0.15, 0.2) is 0 Å². The lowest BCUT2D eigenvalue weighted by Crippen LogP contribution is -2.52. The number of aromatic nitrogens is 2. The molecule has 1 unspecified atom stereocenters. The molecule has 1 aliphatic carbocycles. The van der Waals surface area contributed by atoms with Crippen molar-refractivity contribution in [3.05, 3.63) is 17.0 Å². The summed E-state index contributed by atoms with van der Waals surface area (Å²) >= 11 is 2.06. The van der Waals surface area contributed by atoms with Gasteiger partial charge in [0.05, 0.1) is 0 Å². The first-order chi connectivity index (χ1) is 10.3. The molecule has 0 spiro atoms. The second-order valence-corrected chi connectivity index (χ2v) is 7.38. The summed E-state index contributed by atoms with van der Waals surface area (Å²) in [7, 11) is 0. The minimum absolute atomic E-state index is 0.134. The Morgan fingerprint density at radius 2 is 2.10 bits per heavy atom. The van der Waals surface area contributed by atoms with E-state index >= 15 is 0 Å². The van der Waals surface area contributed by atoms with E-state index in [1.54, 1.807) is 0 Å². The zero-order chi connectivity index (χ0) is 14.2. The molecular weight excluding hydrogens is 284 g/mol. The molecule has 1 atom stereocenters. The number of hydrogen-bond donors (Lipinski definition) is 1. The van der Waals surface area contributed by atoms with Gasteiger partial charge < -0.3 is 4.90 Å². The lowest BCUT2D eigenvalue weighted by atomic mass is 10.1. The van der Waals surface area contributed by atoms with Crippen molar-refractivity contribution >= 4 is 17.7 Å². The number of aryl methyl sites for hydroxylation is 1. The number of nitrogens with one attached hydrogen (secondary N) is 1. The van der Waals surface area contributed by atoms with Gasteiger partial charge in [-0.15, -0.1) is 0 Å². The van der Waals surface area contributed by atoms with Crippen molar-refractivity contribution in [3.8, 4) is 0 Å². The largest absolute Gasteiger partial charge is 0.335 e. The van der Waals surface area contributed by atoms with Crippen LogP contribution in [0.2, 0.25) is 0 Å². The number of rotatable bonds is 2. The molecule has 21 heavy (non-hydrogen) atoms. The maximum absolute atomic E-state index is 12.7. The predicted molar refractivity (Wildman–Crippen MR) is 83.8 cm³/mol. The van der Waals surface area contributed by atoms with E-state index < -0.39 is 0 Å². The lowest BCUT2D eigenvalue weighted by molar-refractivity contribution is 0.0582. The number of H-pyrrole nitrogens is 1. The third kappa shape index (κ3) is 2.48. The number of aromatic amines is 1. The number of amides is 1. The Labute approximate surface area is 129 Å². The zero-order valence-corrected chi connectivity index (χ0v) is 13.1. The van der Waals surface area contributed by atoms with Crippen LogP contribution in [-0.4, -0.2) is 69.6 Å². The summed E-state index contributed by atoms with van der Waals surface area (Å²) in [5.74, 6) is 2.69. The number of nitrogens with zero attached hydrogens (tertiary/aromatic N) is 3. The van der Waals surface area contributed by atoms with E-state index in [9.17, 15) is 4.79 Å². The van der Waals surface area contributed by atoms with Gasteiger partial charge in [0.1, 0.15) is 0 Å². The molecule has 0 aromatic carbocycles. The minimum atomic E-state index is 0.134. The van der Waals surface area contributed by atoms with Crippen molar-refractivity contribution in [2.75, 3.05) is 37.7 Å². The van der Waals surface area contributed by atoms with Crippen LogP contribution in [0.25, 0.3) is 0 Å². The molecule has 1 aromatic heterocycles. The number of hydrogen-bond acceptors (Lipinski definition) is 4. The van der Waals surface area contributed by atoms with Gasteiger partial charge in [-0.2, -0.15) is 16.9 Å². The molecule has 4 rings (SSSR count). The molecule has 6 heteroatoms. The van der Waals surface area contributed by atoms with Crippen LogP contribution in [0.5, 0.6) is 0 Å². The maximum Gasteiger partial charge on any atom is 0.274 e.